The Morgan fingerprint density at radius 3 is 2.07 bits per heavy atom. The lowest BCUT2D eigenvalue weighted by atomic mass is 10.2. The molecule has 6 nitrogen and oxygen atoms in total. The summed E-state index contributed by atoms with van der Waals surface area (Å²) in [5, 5.41) is 0. The van der Waals surface area contributed by atoms with E-state index in [2.05, 4.69) is 11.9 Å². The molecule has 2 saturated heterocycles. The highest BCUT2D eigenvalue weighted by Gasteiger charge is 2.24. The van der Waals surface area contributed by atoms with Crippen molar-refractivity contribution >= 4 is 22.0 Å². The normalized spacial score (nSPS) is 20.7. The van der Waals surface area contributed by atoms with Gasteiger partial charge in [-0.2, -0.15) is 4.31 Å². The number of hydrogen-bond donors (Lipinski definition) is 0. The van der Waals surface area contributed by atoms with Crippen molar-refractivity contribution in [3.05, 3.63) is 35.9 Å². The maximum Gasteiger partial charge on any atom is 0.246 e. The minimum atomic E-state index is -3.43. The molecule has 0 bridgehead atoms. The van der Waals surface area contributed by atoms with Crippen LogP contribution in [-0.4, -0.2) is 74.7 Å². The molecule has 148 valence electrons. The molecule has 0 unspecified atom stereocenters. The van der Waals surface area contributed by atoms with E-state index in [4.69, 9.17) is 0 Å². The molecule has 7 heteroatoms. The van der Waals surface area contributed by atoms with Crippen LogP contribution in [0.2, 0.25) is 0 Å². The van der Waals surface area contributed by atoms with Gasteiger partial charge < -0.3 is 9.80 Å². The van der Waals surface area contributed by atoms with Gasteiger partial charge in [-0.15, -0.1) is 0 Å². The van der Waals surface area contributed by atoms with Gasteiger partial charge in [0.1, 0.15) is 0 Å². The lowest BCUT2D eigenvalue weighted by molar-refractivity contribution is -0.127. The summed E-state index contributed by atoms with van der Waals surface area (Å²) >= 11 is 0. The lowest BCUT2D eigenvalue weighted by Crippen LogP contribution is -2.46. The fourth-order valence-corrected chi connectivity index (χ4v) is 5.00. The molecular formula is C20H29N3O3S. The number of carbonyl (C=O) groups excluding carboxylic acids is 1. The van der Waals surface area contributed by atoms with Crippen LogP contribution in [-0.2, 0) is 14.8 Å². The molecule has 0 aliphatic carbocycles. The van der Waals surface area contributed by atoms with E-state index in [1.54, 1.807) is 40.7 Å². The molecule has 3 rings (SSSR count). The molecule has 0 saturated carbocycles. The first kappa shape index (κ1) is 20.0. The summed E-state index contributed by atoms with van der Waals surface area (Å²) in [6.07, 6.45) is 7.36. The third-order valence-electron chi connectivity index (χ3n) is 5.32. The topological polar surface area (TPSA) is 60.9 Å². The van der Waals surface area contributed by atoms with E-state index in [1.807, 2.05) is 4.90 Å². The van der Waals surface area contributed by atoms with Crippen LogP contribution in [0.3, 0.4) is 0 Å². The summed E-state index contributed by atoms with van der Waals surface area (Å²) in [6.45, 7) is 4.47. The number of amides is 1. The Hall–Kier alpha value is -1.70. The summed E-state index contributed by atoms with van der Waals surface area (Å²) in [5.74, 6) is 0.00404. The predicted octanol–water partition coefficient (Wildman–Crippen LogP) is 2.04. The van der Waals surface area contributed by atoms with Crippen molar-refractivity contribution in [2.45, 2.75) is 30.6 Å². The number of carbonyl (C=O) groups is 1. The van der Waals surface area contributed by atoms with Crippen LogP contribution in [0.1, 0.15) is 31.2 Å². The van der Waals surface area contributed by atoms with Crippen LogP contribution in [0.4, 0.5) is 0 Å². The zero-order valence-electron chi connectivity index (χ0n) is 16.0. The largest absolute Gasteiger partial charge is 0.337 e. The molecule has 2 aliphatic rings. The highest BCUT2D eigenvalue weighted by atomic mass is 32.2. The Kier molecular flexibility index (Phi) is 6.68. The highest BCUT2D eigenvalue weighted by molar-refractivity contribution is 7.89. The SMILES string of the molecule is CN1CCN(C(=O)C=Cc2ccc(S(=O)(=O)N3CCCCCC3)cc2)CC1. The molecule has 0 spiro atoms. The van der Waals surface area contributed by atoms with Gasteiger partial charge in [0.2, 0.25) is 15.9 Å². The van der Waals surface area contributed by atoms with Gasteiger partial charge >= 0.3 is 0 Å². The molecule has 27 heavy (non-hydrogen) atoms. The van der Waals surface area contributed by atoms with E-state index in [0.29, 0.717) is 18.0 Å². The summed E-state index contributed by atoms with van der Waals surface area (Å²) in [6, 6.07) is 6.80. The fourth-order valence-electron chi connectivity index (χ4n) is 3.48. The van der Waals surface area contributed by atoms with E-state index in [0.717, 1.165) is 57.4 Å². The average molecular weight is 392 g/mol. The van der Waals surface area contributed by atoms with Crippen LogP contribution >= 0.6 is 0 Å². The highest BCUT2D eigenvalue weighted by Crippen LogP contribution is 2.21. The Balaban J connectivity index is 1.63. The summed E-state index contributed by atoms with van der Waals surface area (Å²) in [5.41, 5.74) is 0.826. The summed E-state index contributed by atoms with van der Waals surface area (Å²) < 4.78 is 27.2. The molecule has 0 N–H and O–H groups in total. The molecule has 2 aliphatic heterocycles. The number of sulfonamides is 1. The van der Waals surface area contributed by atoms with Crippen LogP contribution in [0.25, 0.3) is 6.08 Å². The zero-order chi connectivity index (χ0) is 19.3. The van der Waals surface area contributed by atoms with Gasteiger partial charge in [-0.3, -0.25) is 4.79 Å². The first-order valence-corrected chi connectivity index (χ1v) is 11.2. The first-order valence-electron chi connectivity index (χ1n) is 9.72. The first-order chi connectivity index (χ1) is 13.0. The second-order valence-electron chi connectivity index (χ2n) is 7.35. The van der Waals surface area contributed by atoms with Crippen LogP contribution < -0.4 is 0 Å². The van der Waals surface area contributed by atoms with Gasteiger partial charge in [0.05, 0.1) is 4.90 Å². The van der Waals surface area contributed by atoms with Crippen molar-refractivity contribution in [1.29, 1.82) is 0 Å². The summed E-state index contributed by atoms with van der Waals surface area (Å²) in [4.78, 5) is 16.6. The quantitative estimate of drug-likeness (QED) is 0.737. The Bertz CT molecular complexity index is 758. The molecule has 1 aromatic carbocycles. The van der Waals surface area contributed by atoms with Crippen molar-refractivity contribution in [1.82, 2.24) is 14.1 Å². The number of benzene rings is 1. The van der Waals surface area contributed by atoms with Gasteiger partial charge in [-0.05, 0) is 43.7 Å². The fraction of sp³-hybridized carbons (Fsp3) is 0.550. The van der Waals surface area contributed by atoms with Gasteiger partial charge in [0, 0.05) is 45.3 Å². The molecule has 1 amide bonds. The van der Waals surface area contributed by atoms with E-state index in [1.165, 1.54) is 0 Å². The average Bonchev–Trinajstić information content (AvgIpc) is 2.97. The summed E-state index contributed by atoms with van der Waals surface area (Å²) in [7, 11) is -1.37. The van der Waals surface area contributed by atoms with Crippen molar-refractivity contribution in [2.75, 3.05) is 46.3 Å². The molecule has 0 aromatic heterocycles. The van der Waals surface area contributed by atoms with Crippen molar-refractivity contribution in [2.24, 2.45) is 0 Å². The smallest absolute Gasteiger partial charge is 0.246 e. The van der Waals surface area contributed by atoms with Crippen LogP contribution in [0.15, 0.2) is 35.2 Å². The lowest BCUT2D eigenvalue weighted by Gasteiger charge is -2.31. The van der Waals surface area contributed by atoms with Crippen molar-refractivity contribution in [3.8, 4) is 0 Å². The molecule has 0 atom stereocenters. The van der Waals surface area contributed by atoms with Gasteiger partial charge in [0.25, 0.3) is 0 Å². The van der Waals surface area contributed by atoms with Gasteiger partial charge in [-0.1, -0.05) is 25.0 Å². The van der Waals surface area contributed by atoms with Crippen molar-refractivity contribution in [3.63, 3.8) is 0 Å². The van der Waals surface area contributed by atoms with E-state index in [9.17, 15) is 13.2 Å². The third-order valence-corrected chi connectivity index (χ3v) is 7.23. The minimum absolute atomic E-state index is 0.00404. The molecule has 1 aromatic rings. The van der Waals surface area contributed by atoms with Gasteiger partial charge in [-0.25, -0.2) is 8.42 Å². The predicted molar refractivity (Wildman–Crippen MR) is 107 cm³/mol. The monoisotopic (exact) mass is 391 g/mol. The Morgan fingerprint density at radius 2 is 1.48 bits per heavy atom. The molecular weight excluding hydrogens is 362 g/mol. The standard InChI is InChI=1S/C20H29N3O3S/c1-21-14-16-22(17-15-21)20(24)11-8-18-6-9-19(10-7-18)27(25,26)23-12-4-2-3-5-13-23/h6-11H,2-5,12-17H2,1H3. The third kappa shape index (κ3) is 5.18. The van der Waals surface area contributed by atoms with E-state index in [-0.39, 0.29) is 5.91 Å². The van der Waals surface area contributed by atoms with Crippen LogP contribution in [0, 0.1) is 0 Å². The number of nitrogens with zero attached hydrogens (tertiary/aromatic N) is 3. The number of likely N-dealkylation sites (N-methyl/N-ethyl adjacent to an activating group) is 1. The second kappa shape index (κ2) is 8.99. The number of rotatable bonds is 4. The van der Waals surface area contributed by atoms with Gasteiger partial charge in [0.15, 0.2) is 0 Å². The number of piperazine rings is 1. The second-order valence-corrected chi connectivity index (χ2v) is 9.29. The maximum atomic E-state index is 12.8. The molecule has 2 fully saturated rings. The van der Waals surface area contributed by atoms with E-state index >= 15 is 0 Å². The Morgan fingerprint density at radius 1 is 0.889 bits per heavy atom. The Labute approximate surface area is 162 Å². The molecule has 0 radical (unpaired) electrons. The van der Waals surface area contributed by atoms with E-state index < -0.39 is 10.0 Å². The molecule has 2 heterocycles. The van der Waals surface area contributed by atoms with Crippen molar-refractivity contribution < 1.29 is 13.2 Å². The number of hydrogen-bond acceptors (Lipinski definition) is 4. The minimum Gasteiger partial charge on any atom is -0.337 e. The van der Waals surface area contributed by atoms with Crippen LogP contribution in [0.5, 0.6) is 0 Å². The zero-order valence-corrected chi connectivity index (χ0v) is 16.8. The maximum absolute atomic E-state index is 12.8.